The lowest BCUT2D eigenvalue weighted by molar-refractivity contribution is 0.0940. The normalized spacial score (nSPS) is 14.8. The molecule has 6 heteroatoms. The SMILES string of the molecule is Cc1c(Cc2cc(O)cc(F)c2)c2ccc(C(=O)N[C@@H](C)c3cc(F)cc(C(C)(C)C)c3)cc2n1CC1CCC1. The lowest BCUT2D eigenvalue weighted by atomic mass is 9.85. The number of fused-ring (bicyclic) bond motifs is 1. The molecule has 0 radical (unpaired) electrons. The van der Waals surface area contributed by atoms with Crippen LogP contribution in [-0.4, -0.2) is 15.6 Å². The van der Waals surface area contributed by atoms with E-state index < -0.39 is 5.82 Å². The van der Waals surface area contributed by atoms with Crippen LogP contribution in [0, 0.1) is 24.5 Å². The maximum Gasteiger partial charge on any atom is 0.251 e. The van der Waals surface area contributed by atoms with E-state index in [1.807, 2.05) is 52.0 Å². The highest BCUT2D eigenvalue weighted by Gasteiger charge is 2.24. The number of hydrogen-bond donors (Lipinski definition) is 2. The molecular formula is C34H38F2N2O2. The number of nitrogens with zero attached hydrogens (tertiary/aromatic N) is 1. The summed E-state index contributed by atoms with van der Waals surface area (Å²) < 4.78 is 30.7. The molecule has 210 valence electrons. The van der Waals surface area contributed by atoms with Gasteiger partial charge in [0.1, 0.15) is 17.4 Å². The molecule has 4 nitrogen and oxygen atoms in total. The molecule has 0 aliphatic heterocycles. The van der Waals surface area contributed by atoms with Gasteiger partial charge in [0.15, 0.2) is 0 Å². The van der Waals surface area contributed by atoms with Gasteiger partial charge in [0.25, 0.3) is 5.91 Å². The molecule has 2 N–H and O–H groups in total. The molecular weight excluding hydrogens is 506 g/mol. The first kappa shape index (κ1) is 27.9. The van der Waals surface area contributed by atoms with Crippen molar-refractivity contribution in [1.29, 1.82) is 0 Å². The summed E-state index contributed by atoms with van der Waals surface area (Å²) in [6.07, 6.45) is 4.09. The molecule has 1 fully saturated rings. The number of nitrogens with one attached hydrogen (secondary N) is 1. The molecule has 0 saturated heterocycles. The second-order valence-electron chi connectivity index (χ2n) is 12.4. The van der Waals surface area contributed by atoms with E-state index in [1.165, 1.54) is 31.4 Å². The fourth-order valence-electron chi connectivity index (χ4n) is 5.68. The minimum Gasteiger partial charge on any atom is -0.508 e. The summed E-state index contributed by atoms with van der Waals surface area (Å²) in [5.74, 6) is -0.489. The number of aromatic hydroxyl groups is 1. The zero-order chi connectivity index (χ0) is 28.8. The zero-order valence-electron chi connectivity index (χ0n) is 23.9. The number of aromatic nitrogens is 1. The molecule has 1 aliphatic rings. The number of phenols is 1. The smallest absolute Gasteiger partial charge is 0.251 e. The second kappa shape index (κ2) is 10.7. The van der Waals surface area contributed by atoms with Gasteiger partial charge in [-0.3, -0.25) is 4.79 Å². The summed E-state index contributed by atoms with van der Waals surface area (Å²) in [7, 11) is 0. The summed E-state index contributed by atoms with van der Waals surface area (Å²) in [4.78, 5) is 13.4. The highest BCUT2D eigenvalue weighted by atomic mass is 19.1. The largest absolute Gasteiger partial charge is 0.508 e. The first-order valence-electron chi connectivity index (χ1n) is 14.1. The monoisotopic (exact) mass is 544 g/mol. The molecule has 0 bridgehead atoms. The Kier molecular flexibility index (Phi) is 7.47. The summed E-state index contributed by atoms with van der Waals surface area (Å²) in [6.45, 7) is 10.9. The van der Waals surface area contributed by atoms with Gasteiger partial charge < -0.3 is 15.0 Å². The van der Waals surface area contributed by atoms with Gasteiger partial charge in [0.2, 0.25) is 0 Å². The van der Waals surface area contributed by atoms with Crippen molar-refractivity contribution < 1.29 is 18.7 Å². The molecule has 3 aromatic carbocycles. The minimum atomic E-state index is -0.466. The second-order valence-corrected chi connectivity index (χ2v) is 12.4. The van der Waals surface area contributed by atoms with Crippen molar-refractivity contribution in [2.45, 2.75) is 78.3 Å². The molecule has 1 atom stereocenters. The third-order valence-electron chi connectivity index (χ3n) is 8.34. The first-order chi connectivity index (χ1) is 18.9. The van der Waals surface area contributed by atoms with E-state index in [2.05, 4.69) is 16.8 Å². The number of phenolic OH excluding ortho intramolecular Hbond substituents is 1. The Labute approximate surface area is 235 Å². The van der Waals surface area contributed by atoms with Crippen molar-refractivity contribution in [2.24, 2.45) is 5.92 Å². The van der Waals surface area contributed by atoms with Gasteiger partial charge in [-0.2, -0.15) is 0 Å². The Morgan fingerprint density at radius 1 is 1.05 bits per heavy atom. The number of carbonyl (C=O) groups is 1. The van der Waals surface area contributed by atoms with Crippen molar-refractivity contribution >= 4 is 16.8 Å². The number of carbonyl (C=O) groups excluding carboxylic acids is 1. The number of halogens is 2. The van der Waals surface area contributed by atoms with Crippen LogP contribution in [-0.2, 0) is 18.4 Å². The van der Waals surface area contributed by atoms with Gasteiger partial charge in [-0.05, 0) is 96.7 Å². The van der Waals surface area contributed by atoms with Crippen LogP contribution in [0.4, 0.5) is 8.78 Å². The maximum absolute atomic E-state index is 14.4. The van der Waals surface area contributed by atoms with Gasteiger partial charge in [-0.15, -0.1) is 0 Å². The standard InChI is InChI=1S/C34H38F2N2O2/c1-20(25-14-26(34(3,4)5)17-28(36)15-25)37-33(40)24-9-10-30-31(13-23-11-27(35)18-29(39)12-23)21(2)38(32(30)16-24)19-22-7-6-8-22/h9-12,14-18,20,22,39H,6-8,13,19H2,1-5H3,(H,37,40)/t20-/m0/s1. The van der Waals surface area contributed by atoms with Crippen molar-refractivity contribution in [3.8, 4) is 5.75 Å². The van der Waals surface area contributed by atoms with Crippen LogP contribution in [0.5, 0.6) is 5.75 Å². The van der Waals surface area contributed by atoms with E-state index in [4.69, 9.17) is 0 Å². The number of benzene rings is 3. The van der Waals surface area contributed by atoms with Crippen molar-refractivity contribution in [1.82, 2.24) is 9.88 Å². The molecule has 1 heterocycles. The highest BCUT2D eigenvalue weighted by Crippen LogP contribution is 2.35. The Morgan fingerprint density at radius 2 is 1.77 bits per heavy atom. The molecule has 1 aromatic heterocycles. The number of rotatable bonds is 7. The fraction of sp³-hybridized carbons (Fsp3) is 0.382. The molecule has 40 heavy (non-hydrogen) atoms. The molecule has 1 saturated carbocycles. The van der Waals surface area contributed by atoms with Crippen LogP contribution in [0.3, 0.4) is 0 Å². The average molecular weight is 545 g/mol. The van der Waals surface area contributed by atoms with Gasteiger partial charge >= 0.3 is 0 Å². The molecule has 0 unspecified atom stereocenters. The van der Waals surface area contributed by atoms with E-state index in [0.29, 0.717) is 23.5 Å². The van der Waals surface area contributed by atoms with Gasteiger partial charge in [-0.25, -0.2) is 8.78 Å². The topological polar surface area (TPSA) is 54.3 Å². The predicted molar refractivity (Wildman–Crippen MR) is 156 cm³/mol. The molecule has 0 spiro atoms. The minimum absolute atomic E-state index is 0.0909. The predicted octanol–water partition coefficient (Wildman–Crippen LogP) is 8.11. The Balaban J connectivity index is 1.47. The van der Waals surface area contributed by atoms with Crippen LogP contribution in [0.25, 0.3) is 10.9 Å². The Hall–Kier alpha value is -3.67. The fourth-order valence-corrected chi connectivity index (χ4v) is 5.68. The van der Waals surface area contributed by atoms with Crippen LogP contribution in [0.2, 0.25) is 0 Å². The molecule has 1 aliphatic carbocycles. The lowest BCUT2D eigenvalue weighted by Crippen LogP contribution is -2.27. The quantitative estimate of drug-likeness (QED) is 0.247. The molecule has 4 aromatic rings. The summed E-state index contributed by atoms with van der Waals surface area (Å²) in [6, 6.07) is 14.5. The maximum atomic E-state index is 14.4. The van der Waals surface area contributed by atoms with E-state index in [1.54, 1.807) is 12.1 Å². The van der Waals surface area contributed by atoms with Crippen molar-refractivity contribution in [3.05, 3.63) is 99.7 Å². The first-order valence-corrected chi connectivity index (χ1v) is 14.1. The van der Waals surface area contributed by atoms with Crippen LogP contribution >= 0.6 is 0 Å². The molecule has 5 rings (SSSR count). The van der Waals surface area contributed by atoms with Crippen LogP contribution in [0.1, 0.15) is 91.3 Å². The molecule has 1 amide bonds. The number of amides is 1. The van der Waals surface area contributed by atoms with E-state index in [9.17, 15) is 18.7 Å². The zero-order valence-corrected chi connectivity index (χ0v) is 23.9. The van der Waals surface area contributed by atoms with Crippen LogP contribution in [0.15, 0.2) is 54.6 Å². The Morgan fingerprint density at radius 3 is 2.42 bits per heavy atom. The lowest BCUT2D eigenvalue weighted by Gasteiger charge is -2.27. The number of hydrogen-bond acceptors (Lipinski definition) is 2. The van der Waals surface area contributed by atoms with E-state index in [-0.39, 0.29) is 28.9 Å². The van der Waals surface area contributed by atoms with Gasteiger partial charge in [-0.1, -0.05) is 39.3 Å². The van der Waals surface area contributed by atoms with Crippen molar-refractivity contribution in [3.63, 3.8) is 0 Å². The van der Waals surface area contributed by atoms with E-state index in [0.717, 1.165) is 45.9 Å². The average Bonchev–Trinajstić information content (AvgIpc) is 3.09. The summed E-state index contributed by atoms with van der Waals surface area (Å²) >= 11 is 0. The third-order valence-corrected chi connectivity index (χ3v) is 8.34. The summed E-state index contributed by atoms with van der Waals surface area (Å²) in [5, 5.41) is 14.0. The van der Waals surface area contributed by atoms with Gasteiger partial charge in [0.05, 0.1) is 6.04 Å². The van der Waals surface area contributed by atoms with Crippen molar-refractivity contribution in [2.75, 3.05) is 0 Å². The van der Waals surface area contributed by atoms with Gasteiger partial charge in [0, 0.05) is 41.2 Å². The summed E-state index contributed by atoms with van der Waals surface area (Å²) in [5.41, 5.74) is 5.76. The van der Waals surface area contributed by atoms with E-state index >= 15 is 0 Å². The van der Waals surface area contributed by atoms with Crippen LogP contribution < -0.4 is 5.32 Å². The Bertz CT molecular complexity index is 1560. The highest BCUT2D eigenvalue weighted by molar-refractivity contribution is 5.99. The third kappa shape index (κ3) is 5.77.